The van der Waals surface area contributed by atoms with Crippen LogP contribution in [-0.4, -0.2) is 18.9 Å². The van der Waals surface area contributed by atoms with E-state index in [-0.39, 0.29) is 21.7 Å². The number of pyridine rings is 2. The molecule has 0 bridgehead atoms. The number of aryl methyl sites for hydroxylation is 1. The van der Waals surface area contributed by atoms with Gasteiger partial charge in [0.15, 0.2) is 0 Å². The fraction of sp³-hybridized carbons (Fsp3) is 0.269. The molecule has 1 aliphatic carbocycles. The lowest BCUT2D eigenvalue weighted by atomic mass is 9.55. The maximum absolute atomic E-state index is 8.79. The van der Waals surface area contributed by atoms with Crippen LogP contribution in [0.2, 0.25) is 0 Å². The molecule has 0 spiro atoms. The lowest BCUT2D eigenvalue weighted by molar-refractivity contribution is 0.204. The highest BCUT2D eigenvalue weighted by Gasteiger charge is 2.55. The number of para-hydroxylation sites is 1. The summed E-state index contributed by atoms with van der Waals surface area (Å²) in [4.78, 5) is 10.5. The summed E-state index contributed by atoms with van der Waals surface area (Å²) < 4.78 is 37.7. The first kappa shape index (κ1) is 31.2. The van der Waals surface area contributed by atoms with E-state index in [1.165, 1.54) is 11.1 Å². The molecule has 0 amide bonds. The van der Waals surface area contributed by atoms with Gasteiger partial charge in [-0.1, -0.05) is 110 Å². The Bertz CT molecular complexity index is 3320. The number of imidazole rings is 1. The Morgan fingerprint density at radius 1 is 0.719 bits per heavy atom. The molecule has 11 rings (SSSR count). The molecule has 1 unspecified atom stereocenters. The summed E-state index contributed by atoms with van der Waals surface area (Å²) in [6, 6.07) is 37.7. The Morgan fingerprint density at radius 2 is 1.46 bits per heavy atom. The minimum Gasteiger partial charge on any atom is -0.457 e. The summed E-state index contributed by atoms with van der Waals surface area (Å²) in [5.74, 6) is 2.19. The average Bonchev–Trinajstić information content (AvgIpc) is 3.74. The first-order valence-corrected chi connectivity index (χ1v) is 20.1. The van der Waals surface area contributed by atoms with Crippen molar-refractivity contribution < 1.29 is 8.85 Å². The van der Waals surface area contributed by atoms with Crippen molar-refractivity contribution in [3.63, 3.8) is 0 Å². The molecule has 0 saturated carbocycles. The van der Waals surface area contributed by atoms with E-state index in [2.05, 4.69) is 149 Å². The SMILES string of the molecule is [2H]C([2H])([2H])c1ccc2c3c1c1ccc(Oc4ccc5c6ccccc6n(-c6cc(C(C)(C)C)ccn6)c5c4)cc1c1nc4c(n13)C(C)(CC(C)(C)c1ccccc1-4)C2(C)C. The zero-order valence-electron chi connectivity index (χ0n) is 36.9. The van der Waals surface area contributed by atoms with Crippen LogP contribution in [-0.2, 0) is 21.7 Å². The number of rotatable bonds is 3. The van der Waals surface area contributed by atoms with Gasteiger partial charge in [0.05, 0.1) is 27.9 Å². The van der Waals surface area contributed by atoms with Crippen LogP contribution in [0.1, 0.15) is 93.9 Å². The average molecular weight is 748 g/mol. The zero-order valence-corrected chi connectivity index (χ0v) is 33.9. The summed E-state index contributed by atoms with van der Waals surface area (Å²) in [7, 11) is 0. The second-order valence-corrected chi connectivity index (χ2v) is 18.9. The summed E-state index contributed by atoms with van der Waals surface area (Å²) in [6.45, 7) is 16.1. The number of benzene rings is 5. The van der Waals surface area contributed by atoms with E-state index in [0.29, 0.717) is 17.1 Å². The van der Waals surface area contributed by atoms with Crippen LogP contribution in [0.25, 0.3) is 66.2 Å². The van der Waals surface area contributed by atoms with Gasteiger partial charge < -0.3 is 4.74 Å². The molecule has 2 aliphatic rings. The number of hydrogen-bond acceptors (Lipinski definition) is 3. The minimum atomic E-state index is -2.33. The Labute approximate surface area is 338 Å². The third-order valence-electron chi connectivity index (χ3n) is 13.8. The molecule has 5 aromatic carbocycles. The highest BCUT2D eigenvalue weighted by Crippen LogP contribution is 2.60. The van der Waals surface area contributed by atoms with Crippen LogP contribution in [0.15, 0.2) is 115 Å². The predicted octanol–water partition coefficient (Wildman–Crippen LogP) is 13.4. The molecule has 4 aromatic heterocycles. The van der Waals surface area contributed by atoms with Gasteiger partial charge >= 0.3 is 0 Å². The largest absolute Gasteiger partial charge is 0.457 e. The van der Waals surface area contributed by atoms with Gasteiger partial charge in [-0.05, 0) is 100 Å². The lowest BCUT2D eigenvalue weighted by Crippen LogP contribution is -2.49. The first-order valence-electron chi connectivity index (χ1n) is 21.6. The molecule has 0 radical (unpaired) electrons. The molecule has 1 atom stereocenters. The lowest BCUT2D eigenvalue weighted by Gasteiger charge is -2.50. The molecule has 5 heterocycles. The maximum Gasteiger partial charge on any atom is 0.146 e. The third-order valence-corrected chi connectivity index (χ3v) is 13.8. The fourth-order valence-corrected chi connectivity index (χ4v) is 10.7. The quantitative estimate of drug-likeness (QED) is 0.169. The standard InChI is InChI=1S/C52H48N4O/c1-30-18-23-40-46-44(30)36-22-20-32(27-38(36)48-54-45-37-15-10-12-16-39(37)50(5,6)29-52(9,51(40,7)8)47(45)56(46)48)57-33-19-21-35-34-14-11-13-17-41(34)55(42(35)28-33)43-26-31(24-25-53-43)49(2,3)4/h10-28H,29H2,1-9H3/i1D3. The van der Waals surface area contributed by atoms with Crippen LogP contribution in [0, 0.1) is 6.85 Å². The van der Waals surface area contributed by atoms with Gasteiger partial charge in [0.1, 0.15) is 23.0 Å². The smallest absolute Gasteiger partial charge is 0.146 e. The van der Waals surface area contributed by atoms with Gasteiger partial charge in [0.2, 0.25) is 0 Å². The summed E-state index contributed by atoms with van der Waals surface area (Å²) >= 11 is 0. The van der Waals surface area contributed by atoms with Crippen LogP contribution < -0.4 is 4.74 Å². The Kier molecular flexibility index (Phi) is 6.09. The predicted molar refractivity (Wildman–Crippen MR) is 236 cm³/mol. The van der Waals surface area contributed by atoms with Gasteiger partial charge in [-0.3, -0.25) is 8.97 Å². The van der Waals surface area contributed by atoms with Crippen LogP contribution in [0.4, 0.5) is 0 Å². The van der Waals surface area contributed by atoms with Crippen molar-refractivity contribution >= 4 is 49.1 Å². The van der Waals surface area contributed by atoms with Crippen molar-refractivity contribution in [2.24, 2.45) is 0 Å². The number of nitrogens with zero attached hydrogens (tertiary/aromatic N) is 4. The van der Waals surface area contributed by atoms with Crippen molar-refractivity contribution in [3.8, 4) is 28.6 Å². The second-order valence-electron chi connectivity index (χ2n) is 18.9. The van der Waals surface area contributed by atoms with E-state index in [9.17, 15) is 0 Å². The van der Waals surface area contributed by atoms with E-state index in [1.807, 2.05) is 30.5 Å². The number of ether oxygens (including phenoxy) is 1. The van der Waals surface area contributed by atoms with Gasteiger partial charge in [-0.15, -0.1) is 0 Å². The topological polar surface area (TPSA) is 44.3 Å². The van der Waals surface area contributed by atoms with E-state index in [1.54, 1.807) is 0 Å². The maximum atomic E-state index is 8.79. The molecule has 9 aromatic rings. The van der Waals surface area contributed by atoms with Gasteiger partial charge in [-0.25, -0.2) is 9.97 Å². The number of hydrogen-bond donors (Lipinski definition) is 0. The highest BCUT2D eigenvalue weighted by atomic mass is 16.5. The Morgan fingerprint density at radius 3 is 2.26 bits per heavy atom. The summed E-state index contributed by atoms with van der Waals surface area (Å²) in [6.07, 6.45) is 2.79. The molecule has 57 heavy (non-hydrogen) atoms. The molecule has 0 saturated heterocycles. The molecular weight excluding hydrogens is 697 g/mol. The van der Waals surface area contributed by atoms with Crippen molar-refractivity contribution in [2.75, 3.05) is 0 Å². The van der Waals surface area contributed by atoms with E-state index in [0.717, 1.165) is 83.9 Å². The number of fused-ring (bicyclic) bond motifs is 8. The van der Waals surface area contributed by atoms with Crippen molar-refractivity contribution in [1.82, 2.24) is 18.9 Å². The van der Waals surface area contributed by atoms with Crippen molar-refractivity contribution in [2.45, 2.75) is 90.3 Å². The molecule has 5 nitrogen and oxygen atoms in total. The normalized spacial score (nSPS) is 19.2. The summed E-state index contributed by atoms with van der Waals surface area (Å²) in [5, 5.41) is 4.72. The Hall–Kier alpha value is -5.94. The van der Waals surface area contributed by atoms with E-state index >= 15 is 0 Å². The fourth-order valence-electron chi connectivity index (χ4n) is 10.7. The van der Waals surface area contributed by atoms with Gasteiger partial charge in [0.25, 0.3) is 0 Å². The molecule has 282 valence electrons. The van der Waals surface area contributed by atoms with Gasteiger partial charge in [0, 0.05) is 54.3 Å². The van der Waals surface area contributed by atoms with Crippen molar-refractivity contribution in [3.05, 3.63) is 143 Å². The van der Waals surface area contributed by atoms with Crippen molar-refractivity contribution in [1.29, 1.82) is 0 Å². The van der Waals surface area contributed by atoms with E-state index < -0.39 is 6.85 Å². The third kappa shape index (κ3) is 4.51. The number of aromatic nitrogens is 4. The first-order chi connectivity index (χ1) is 28.4. The second kappa shape index (κ2) is 11.1. The Balaban J connectivity index is 1.17. The minimum absolute atomic E-state index is 0.0376. The van der Waals surface area contributed by atoms with Crippen LogP contribution >= 0.6 is 0 Å². The monoisotopic (exact) mass is 747 g/mol. The van der Waals surface area contributed by atoms with Crippen LogP contribution in [0.5, 0.6) is 11.5 Å². The summed E-state index contributed by atoms with van der Waals surface area (Å²) in [5.41, 5.74) is 10.2. The molecule has 0 N–H and O–H groups in total. The molecule has 0 fully saturated rings. The van der Waals surface area contributed by atoms with E-state index in [4.69, 9.17) is 18.8 Å². The molecule has 5 heteroatoms. The van der Waals surface area contributed by atoms with Gasteiger partial charge in [-0.2, -0.15) is 0 Å². The van der Waals surface area contributed by atoms with Crippen LogP contribution in [0.3, 0.4) is 0 Å². The molecule has 1 aliphatic heterocycles. The highest BCUT2D eigenvalue weighted by molar-refractivity contribution is 6.15. The zero-order chi connectivity index (χ0) is 41.9. The molecular formula is C52H48N4O.